The first-order valence-corrected chi connectivity index (χ1v) is 9.73. The molecule has 0 spiro atoms. The molecule has 1 atom stereocenters. The highest BCUT2D eigenvalue weighted by Gasteiger charge is 2.35. The van der Waals surface area contributed by atoms with Crippen molar-refractivity contribution in [1.82, 2.24) is 9.88 Å². The predicted octanol–water partition coefficient (Wildman–Crippen LogP) is 3.53. The molecular formula is C22H24N4O. The summed E-state index contributed by atoms with van der Waals surface area (Å²) in [4.78, 5) is 21.9. The van der Waals surface area contributed by atoms with Crippen molar-refractivity contribution in [3.63, 3.8) is 0 Å². The van der Waals surface area contributed by atoms with Gasteiger partial charge in [-0.15, -0.1) is 0 Å². The van der Waals surface area contributed by atoms with E-state index in [4.69, 9.17) is 5.26 Å². The molecule has 0 bridgehead atoms. The van der Waals surface area contributed by atoms with Gasteiger partial charge in [-0.2, -0.15) is 5.26 Å². The highest BCUT2D eigenvalue weighted by molar-refractivity contribution is 5.80. The molecule has 1 aromatic heterocycles. The van der Waals surface area contributed by atoms with Crippen molar-refractivity contribution in [1.29, 1.82) is 5.26 Å². The molecule has 4 rings (SSSR count). The Hall–Kier alpha value is -2.87. The van der Waals surface area contributed by atoms with Gasteiger partial charge >= 0.3 is 0 Å². The number of pyridine rings is 1. The Bertz CT molecular complexity index is 820. The number of hydrogen-bond donors (Lipinski definition) is 0. The lowest BCUT2D eigenvalue weighted by Gasteiger charge is -2.35. The summed E-state index contributed by atoms with van der Waals surface area (Å²) in [5.74, 6) is 1.31. The van der Waals surface area contributed by atoms with E-state index in [9.17, 15) is 4.79 Å². The summed E-state index contributed by atoms with van der Waals surface area (Å²) in [7, 11) is 0. The van der Waals surface area contributed by atoms with E-state index in [1.54, 1.807) is 12.3 Å². The van der Waals surface area contributed by atoms with Crippen LogP contribution in [0.1, 0.15) is 42.9 Å². The largest absolute Gasteiger partial charge is 0.357 e. The minimum absolute atomic E-state index is 0.101. The molecule has 2 fully saturated rings. The van der Waals surface area contributed by atoms with Gasteiger partial charge in [0, 0.05) is 31.7 Å². The number of rotatable bonds is 3. The van der Waals surface area contributed by atoms with Gasteiger partial charge in [0.25, 0.3) is 0 Å². The molecule has 0 N–H and O–H groups in total. The zero-order chi connectivity index (χ0) is 18.6. The van der Waals surface area contributed by atoms with E-state index in [0.29, 0.717) is 11.5 Å². The second-order valence-electron chi connectivity index (χ2n) is 7.38. The third kappa shape index (κ3) is 3.66. The van der Waals surface area contributed by atoms with Crippen LogP contribution in [0, 0.1) is 17.2 Å². The molecule has 1 aromatic carbocycles. The van der Waals surface area contributed by atoms with Gasteiger partial charge in [0.2, 0.25) is 5.91 Å². The summed E-state index contributed by atoms with van der Waals surface area (Å²) in [6, 6.07) is 16.4. The molecule has 0 unspecified atom stereocenters. The number of carbonyl (C=O) groups is 1. The van der Waals surface area contributed by atoms with Crippen molar-refractivity contribution in [2.45, 2.75) is 31.7 Å². The van der Waals surface area contributed by atoms with Crippen LogP contribution in [-0.2, 0) is 4.79 Å². The Morgan fingerprint density at radius 2 is 1.81 bits per heavy atom. The number of aromatic nitrogens is 1. The summed E-state index contributed by atoms with van der Waals surface area (Å²) < 4.78 is 0. The predicted molar refractivity (Wildman–Crippen MR) is 104 cm³/mol. The van der Waals surface area contributed by atoms with Crippen LogP contribution in [0.2, 0.25) is 0 Å². The molecule has 1 amide bonds. The van der Waals surface area contributed by atoms with Crippen LogP contribution in [-0.4, -0.2) is 35.4 Å². The monoisotopic (exact) mass is 360 g/mol. The van der Waals surface area contributed by atoms with Crippen molar-refractivity contribution >= 4 is 11.7 Å². The minimum Gasteiger partial charge on any atom is -0.357 e. The summed E-state index contributed by atoms with van der Waals surface area (Å²) in [5.41, 5.74) is 1.83. The number of amides is 1. The van der Waals surface area contributed by atoms with Crippen LogP contribution in [0.25, 0.3) is 0 Å². The molecule has 5 heteroatoms. The number of benzene rings is 1. The van der Waals surface area contributed by atoms with E-state index < -0.39 is 0 Å². The smallest absolute Gasteiger partial charge is 0.226 e. The summed E-state index contributed by atoms with van der Waals surface area (Å²) >= 11 is 0. The fraction of sp³-hybridized carbons (Fsp3) is 0.409. The van der Waals surface area contributed by atoms with Crippen LogP contribution in [0.5, 0.6) is 0 Å². The molecule has 2 aromatic rings. The number of carbonyl (C=O) groups excluding carboxylic acids is 1. The van der Waals surface area contributed by atoms with Gasteiger partial charge in [-0.1, -0.05) is 30.3 Å². The lowest BCUT2D eigenvalue weighted by Crippen LogP contribution is -2.42. The Kier molecular flexibility index (Phi) is 5.06. The van der Waals surface area contributed by atoms with E-state index in [1.165, 1.54) is 5.56 Å². The van der Waals surface area contributed by atoms with Crippen molar-refractivity contribution in [2.75, 3.05) is 24.5 Å². The Morgan fingerprint density at radius 3 is 2.48 bits per heavy atom. The lowest BCUT2D eigenvalue weighted by molar-refractivity contribution is -0.137. The topological polar surface area (TPSA) is 60.2 Å². The van der Waals surface area contributed by atoms with Crippen molar-refractivity contribution in [3.8, 4) is 6.07 Å². The van der Waals surface area contributed by atoms with Gasteiger partial charge in [0.1, 0.15) is 11.9 Å². The maximum absolute atomic E-state index is 13.2. The van der Waals surface area contributed by atoms with Gasteiger partial charge in [-0.25, -0.2) is 4.98 Å². The Morgan fingerprint density at radius 1 is 1.04 bits per heavy atom. The molecule has 0 saturated carbocycles. The minimum atomic E-state index is 0.101. The van der Waals surface area contributed by atoms with Crippen LogP contribution < -0.4 is 4.90 Å². The molecule has 2 aliphatic heterocycles. The van der Waals surface area contributed by atoms with Gasteiger partial charge in [0.15, 0.2) is 0 Å². The summed E-state index contributed by atoms with van der Waals surface area (Å²) in [5, 5.41) is 8.90. The number of piperidine rings is 1. The maximum atomic E-state index is 13.2. The molecule has 138 valence electrons. The standard InChI is InChI=1S/C22H24N4O/c23-15-17-8-9-21(24-16-17)25-13-10-19(11-14-25)22(27)26-12-4-7-20(26)18-5-2-1-3-6-18/h1-3,5-6,8-9,16,19-20H,4,7,10-14H2/t20-/m1/s1. The van der Waals surface area contributed by atoms with E-state index in [2.05, 4.69) is 45.1 Å². The van der Waals surface area contributed by atoms with Gasteiger partial charge in [-0.3, -0.25) is 4.79 Å². The molecule has 0 radical (unpaired) electrons. The molecule has 2 aliphatic rings. The number of likely N-dealkylation sites (tertiary alicyclic amines) is 1. The average molecular weight is 360 g/mol. The van der Waals surface area contributed by atoms with Gasteiger partial charge < -0.3 is 9.80 Å². The number of anilines is 1. The first-order chi connectivity index (χ1) is 13.3. The van der Waals surface area contributed by atoms with E-state index in [0.717, 1.165) is 51.1 Å². The SMILES string of the molecule is N#Cc1ccc(N2CCC(C(=O)N3CCC[C@@H]3c3ccccc3)CC2)nc1. The summed E-state index contributed by atoms with van der Waals surface area (Å²) in [6.45, 7) is 2.54. The molecular weight excluding hydrogens is 336 g/mol. The number of nitriles is 1. The maximum Gasteiger partial charge on any atom is 0.226 e. The van der Waals surface area contributed by atoms with E-state index >= 15 is 0 Å². The van der Waals surface area contributed by atoms with E-state index in [-0.39, 0.29) is 12.0 Å². The number of hydrogen-bond acceptors (Lipinski definition) is 4. The molecule has 27 heavy (non-hydrogen) atoms. The fourth-order valence-electron chi connectivity index (χ4n) is 4.28. The van der Waals surface area contributed by atoms with Crippen molar-refractivity contribution in [2.24, 2.45) is 5.92 Å². The Balaban J connectivity index is 1.39. The number of nitrogens with zero attached hydrogens (tertiary/aromatic N) is 4. The van der Waals surface area contributed by atoms with Gasteiger partial charge in [0.05, 0.1) is 11.6 Å². The van der Waals surface area contributed by atoms with Gasteiger partial charge in [-0.05, 0) is 43.4 Å². The second kappa shape index (κ2) is 7.79. The normalized spacial score (nSPS) is 20.5. The van der Waals surface area contributed by atoms with Crippen molar-refractivity contribution in [3.05, 3.63) is 59.8 Å². The zero-order valence-electron chi connectivity index (χ0n) is 15.4. The Labute approximate surface area is 160 Å². The van der Waals surface area contributed by atoms with E-state index in [1.807, 2.05) is 12.1 Å². The second-order valence-corrected chi connectivity index (χ2v) is 7.38. The van der Waals surface area contributed by atoms with Crippen LogP contribution in [0.4, 0.5) is 5.82 Å². The molecule has 5 nitrogen and oxygen atoms in total. The third-order valence-corrected chi connectivity index (χ3v) is 5.77. The average Bonchev–Trinajstić information content (AvgIpc) is 3.24. The van der Waals surface area contributed by atoms with Crippen LogP contribution in [0.15, 0.2) is 48.7 Å². The first-order valence-electron chi connectivity index (χ1n) is 9.73. The quantitative estimate of drug-likeness (QED) is 0.840. The van der Waals surface area contributed by atoms with Crippen LogP contribution >= 0.6 is 0 Å². The molecule has 0 aliphatic carbocycles. The third-order valence-electron chi connectivity index (χ3n) is 5.77. The highest BCUT2D eigenvalue weighted by atomic mass is 16.2. The van der Waals surface area contributed by atoms with Crippen molar-refractivity contribution < 1.29 is 4.79 Å². The molecule has 2 saturated heterocycles. The van der Waals surface area contributed by atoms with Crippen LogP contribution in [0.3, 0.4) is 0 Å². The summed E-state index contributed by atoms with van der Waals surface area (Å²) in [6.07, 6.45) is 5.47. The fourth-order valence-corrected chi connectivity index (χ4v) is 4.28. The zero-order valence-corrected chi connectivity index (χ0v) is 15.4. The lowest BCUT2D eigenvalue weighted by atomic mass is 9.94. The highest BCUT2D eigenvalue weighted by Crippen LogP contribution is 2.34. The molecule has 3 heterocycles. The first kappa shape index (κ1) is 17.5.